The third-order valence-electron chi connectivity index (χ3n) is 2.28. The molecule has 0 amide bonds. The van der Waals surface area contributed by atoms with Crippen molar-refractivity contribution in [1.82, 2.24) is 0 Å². The van der Waals surface area contributed by atoms with Gasteiger partial charge >= 0.3 is 0 Å². The number of ether oxygens (including phenoxy) is 2. The highest BCUT2D eigenvalue weighted by atomic mass is 19.3. The summed E-state index contributed by atoms with van der Waals surface area (Å²) in [4.78, 5) is 0. The molecule has 0 bridgehead atoms. The van der Waals surface area contributed by atoms with Crippen LogP contribution in [0.5, 0.6) is 0 Å². The van der Waals surface area contributed by atoms with Crippen LogP contribution in [0.4, 0.5) is 8.78 Å². The van der Waals surface area contributed by atoms with Crippen molar-refractivity contribution in [1.29, 1.82) is 0 Å². The molecule has 2 aliphatic heterocycles. The Balaban J connectivity index is 2.17. The molecule has 64 valence electrons. The molecule has 0 aromatic heterocycles. The standard InChI is InChI=1S/C7H10F2O2/c1-4-2-10-6-5(4)11-3-7(6,8)9/h4-6H,2-3H2,1H3/t4-,5-,6+/m1/s1. The SMILES string of the molecule is C[C@@H]1CO[C@H]2[C@@H]1OCC2(F)F. The summed E-state index contributed by atoms with van der Waals surface area (Å²) >= 11 is 0. The van der Waals surface area contributed by atoms with E-state index in [-0.39, 0.29) is 12.0 Å². The molecule has 0 aromatic rings. The zero-order valence-corrected chi connectivity index (χ0v) is 6.22. The van der Waals surface area contributed by atoms with E-state index >= 15 is 0 Å². The summed E-state index contributed by atoms with van der Waals surface area (Å²) in [7, 11) is 0. The van der Waals surface area contributed by atoms with Crippen molar-refractivity contribution in [3.8, 4) is 0 Å². The average molecular weight is 164 g/mol. The van der Waals surface area contributed by atoms with Gasteiger partial charge < -0.3 is 9.47 Å². The third-order valence-corrected chi connectivity index (χ3v) is 2.28. The van der Waals surface area contributed by atoms with Crippen LogP contribution in [0.3, 0.4) is 0 Å². The summed E-state index contributed by atoms with van der Waals surface area (Å²) in [5.41, 5.74) is 0. The van der Waals surface area contributed by atoms with E-state index in [9.17, 15) is 8.78 Å². The Kier molecular flexibility index (Phi) is 1.44. The van der Waals surface area contributed by atoms with Crippen molar-refractivity contribution in [2.45, 2.75) is 25.1 Å². The highest BCUT2D eigenvalue weighted by Crippen LogP contribution is 2.39. The van der Waals surface area contributed by atoms with Crippen LogP contribution in [0.2, 0.25) is 0 Å². The number of hydrogen-bond acceptors (Lipinski definition) is 2. The smallest absolute Gasteiger partial charge is 0.299 e. The highest BCUT2D eigenvalue weighted by Gasteiger charge is 2.57. The molecular weight excluding hydrogens is 154 g/mol. The predicted molar refractivity (Wildman–Crippen MR) is 33.6 cm³/mol. The van der Waals surface area contributed by atoms with Crippen LogP contribution in [0.15, 0.2) is 0 Å². The van der Waals surface area contributed by atoms with Crippen molar-refractivity contribution in [3.63, 3.8) is 0 Å². The van der Waals surface area contributed by atoms with Gasteiger partial charge in [0.25, 0.3) is 5.92 Å². The van der Waals surface area contributed by atoms with Gasteiger partial charge in [0.15, 0.2) is 0 Å². The van der Waals surface area contributed by atoms with Crippen LogP contribution in [-0.4, -0.2) is 31.3 Å². The first-order valence-corrected chi connectivity index (χ1v) is 3.72. The van der Waals surface area contributed by atoms with Gasteiger partial charge in [0.1, 0.15) is 12.7 Å². The first-order valence-electron chi connectivity index (χ1n) is 3.72. The monoisotopic (exact) mass is 164 g/mol. The van der Waals surface area contributed by atoms with Gasteiger partial charge in [0.2, 0.25) is 0 Å². The van der Waals surface area contributed by atoms with Crippen LogP contribution in [0.25, 0.3) is 0 Å². The Hall–Kier alpha value is -0.220. The molecule has 2 nitrogen and oxygen atoms in total. The molecule has 4 heteroatoms. The minimum absolute atomic E-state index is 0.105. The quantitative estimate of drug-likeness (QED) is 0.533. The number of halogens is 2. The normalized spacial score (nSPS) is 47.7. The highest BCUT2D eigenvalue weighted by molar-refractivity contribution is 4.97. The van der Waals surface area contributed by atoms with E-state index in [1.54, 1.807) is 0 Å². The van der Waals surface area contributed by atoms with Gasteiger partial charge in [0, 0.05) is 5.92 Å². The maximum absolute atomic E-state index is 12.8. The fraction of sp³-hybridized carbons (Fsp3) is 1.00. The van der Waals surface area contributed by atoms with E-state index in [4.69, 9.17) is 9.47 Å². The van der Waals surface area contributed by atoms with Gasteiger partial charge in [-0.05, 0) is 0 Å². The Labute approximate surface area is 63.5 Å². The van der Waals surface area contributed by atoms with Gasteiger partial charge in [0.05, 0.1) is 12.7 Å². The summed E-state index contributed by atoms with van der Waals surface area (Å²) in [6, 6.07) is 0. The molecule has 2 fully saturated rings. The van der Waals surface area contributed by atoms with E-state index < -0.39 is 18.6 Å². The molecule has 0 aliphatic carbocycles. The Morgan fingerprint density at radius 2 is 2.09 bits per heavy atom. The zero-order chi connectivity index (χ0) is 8.06. The Morgan fingerprint density at radius 3 is 2.73 bits per heavy atom. The number of rotatable bonds is 0. The summed E-state index contributed by atoms with van der Waals surface area (Å²) in [6.45, 7) is 1.78. The average Bonchev–Trinajstić information content (AvgIpc) is 2.39. The lowest BCUT2D eigenvalue weighted by Crippen LogP contribution is -2.34. The molecule has 2 rings (SSSR count). The number of hydrogen-bond donors (Lipinski definition) is 0. The van der Waals surface area contributed by atoms with E-state index in [2.05, 4.69) is 0 Å². The molecule has 11 heavy (non-hydrogen) atoms. The van der Waals surface area contributed by atoms with Crippen molar-refractivity contribution >= 4 is 0 Å². The molecule has 0 N–H and O–H groups in total. The fourth-order valence-corrected chi connectivity index (χ4v) is 1.65. The molecule has 0 saturated carbocycles. The van der Waals surface area contributed by atoms with E-state index in [0.717, 1.165) is 0 Å². The maximum Gasteiger partial charge on any atom is 0.299 e. The summed E-state index contributed by atoms with van der Waals surface area (Å²) < 4.78 is 35.5. The minimum atomic E-state index is -2.77. The first-order chi connectivity index (χ1) is 5.11. The van der Waals surface area contributed by atoms with Crippen LogP contribution < -0.4 is 0 Å². The Bertz CT molecular complexity index is 172. The minimum Gasteiger partial charge on any atom is -0.369 e. The summed E-state index contributed by atoms with van der Waals surface area (Å²) in [5, 5.41) is 0. The van der Waals surface area contributed by atoms with Crippen molar-refractivity contribution in [3.05, 3.63) is 0 Å². The van der Waals surface area contributed by atoms with Crippen molar-refractivity contribution in [2.24, 2.45) is 5.92 Å². The molecule has 0 unspecified atom stereocenters. The molecular formula is C7H10F2O2. The van der Waals surface area contributed by atoms with Crippen LogP contribution in [-0.2, 0) is 9.47 Å². The van der Waals surface area contributed by atoms with E-state index in [1.807, 2.05) is 6.92 Å². The largest absolute Gasteiger partial charge is 0.369 e. The molecule has 0 aromatic carbocycles. The lowest BCUT2D eigenvalue weighted by Gasteiger charge is -2.13. The Morgan fingerprint density at radius 1 is 1.36 bits per heavy atom. The lowest BCUT2D eigenvalue weighted by molar-refractivity contribution is -0.0953. The van der Waals surface area contributed by atoms with Gasteiger partial charge in [-0.3, -0.25) is 0 Å². The second kappa shape index (κ2) is 2.14. The number of alkyl halides is 2. The molecule has 0 radical (unpaired) electrons. The number of fused-ring (bicyclic) bond motifs is 1. The second-order valence-corrected chi connectivity index (χ2v) is 3.27. The van der Waals surface area contributed by atoms with Crippen molar-refractivity contribution in [2.75, 3.05) is 13.2 Å². The molecule has 0 spiro atoms. The zero-order valence-electron chi connectivity index (χ0n) is 6.22. The van der Waals surface area contributed by atoms with E-state index in [1.165, 1.54) is 0 Å². The molecule has 2 heterocycles. The third kappa shape index (κ3) is 0.964. The van der Waals surface area contributed by atoms with Gasteiger partial charge in [-0.1, -0.05) is 6.92 Å². The van der Waals surface area contributed by atoms with Gasteiger partial charge in [-0.15, -0.1) is 0 Å². The van der Waals surface area contributed by atoms with Crippen molar-refractivity contribution < 1.29 is 18.3 Å². The molecule has 2 saturated heterocycles. The van der Waals surface area contributed by atoms with Gasteiger partial charge in [-0.25, -0.2) is 8.78 Å². The summed E-state index contributed by atoms with van der Waals surface area (Å²) in [5.74, 6) is -2.66. The van der Waals surface area contributed by atoms with Crippen LogP contribution >= 0.6 is 0 Å². The predicted octanol–water partition coefficient (Wildman–Crippen LogP) is 1.06. The molecule has 3 atom stereocenters. The van der Waals surface area contributed by atoms with Gasteiger partial charge in [-0.2, -0.15) is 0 Å². The lowest BCUT2D eigenvalue weighted by atomic mass is 10.0. The fourth-order valence-electron chi connectivity index (χ4n) is 1.65. The van der Waals surface area contributed by atoms with E-state index in [0.29, 0.717) is 6.61 Å². The maximum atomic E-state index is 12.8. The summed E-state index contributed by atoms with van der Waals surface area (Å²) in [6.07, 6.45) is -1.37. The first kappa shape index (κ1) is 7.43. The second-order valence-electron chi connectivity index (χ2n) is 3.27. The van der Waals surface area contributed by atoms with Crippen LogP contribution in [0, 0.1) is 5.92 Å². The molecule has 2 aliphatic rings. The van der Waals surface area contributed by atoms with Crippen LogP contribution in [0.1, 0.15) is 6.92 Å². The topological polar surface area (TPSA) is 18.5 Å².